The summed E-state index contributed by atoms with van der Waals surface area (Å²) in [4.78, 5) is 4.68. The van der Waals surface area contributed by atoms with Gasteiger partial charge in [0.2, 0.25) is 0 Å². The maximum Gasteiger partial charge on any atom is 0.161 e. The van der Waals surface area contributed by atoms with Crippen LogP contribution in [0.15, 0.2) is 42.6 Å². The van der Waals surface area contributed by atoms with Crippen LogP contribution in [0.3, 0.4) is 0 Å². The number of nitrogens with one attached hydrogen (secondary N) is 1. The van der Waals surface area contributed by atoms with Gasteiger partial charge in [-0.05, 0) is 25.5 Å². The highest BCUT2D eigenvalue weighted by atomic mass is 16.3. The molecule has 0 saturated heterocycles. The minimum Gasteiger partial charge on any atom is -0.388 e. The van der Waals surface area contributed by atoms with E-state index >= 15 is 0 Å². The Morgan fingerprint density at radius 1 is 1.18 bits per heavy atom. The Morgan fingerprint density at radius 2 is 1.95 bits per heavy atom. The molecule has 22 heavy (non-hydrogen) atoms. The molecule has 0 amide bonds. The predicted octanol–water partition coefficient (Wildman–Crippen LogP) is 3.54. The molecule has 0 aliphatic carbocycles. The molecule has 1 aromatic carbocycles. The quantitative estimate of drug-likeness (QED) is 0.721. The lowest BCUT2D eigenvalue weighted by molar-refractivity contribution is 0.156. The summed E-state index contributed by atoms with van der Waals surface area (Å²) in [6, 6.07) is 12.4. The van der Waals surface area contributed by atoms with Gasteiger partial charge in [0.05, 0.1) is 23.5 Å². The molecule has 0 radical (unpaired) electrons. The van der Waals surface area contributed by atoms with Crippen LogP contribution in [0.2, 0.25) is 0 Å². The first-order valence-corrected chi connectivity index (χ1v) is 7.63. The number of nitrogens with zero attached hydrogens (tertiary/aromatic N) is 2. The van der Waals surface area contributed by atoms with Gasteiger partial charge in [0.1, 0.15) is 0 Å². The van der Waals surface area contributed by atoms with Crippen molar-refractivity contribution in [2.24, 2.45) is 0 Å². The van der Waals surface area contributed by atoms with E-state index in [2.05, 4.69) is 33.8 Å². The molecule has 0 fully saturated rings. The van der Waals surface area contributed by atoms with E-state index in [4.69, 9.17) is 0 Å². The highest BCUT2D eigenvalue weighted by Crippen LogP contribution is 2.40. The summed E-state index contributed by atoms with van der Waals surface area (Å²) in [6.45, 7) is 4.08. The third-order valence-electron chi connectivity index (χ3n) is 4.64. The zero-order valence-corrected chi connectivity index (χ0v) is 12.7. The smallest absolute Gasteiger partial charge is 0.161 e. The first-order valence-electron chi connectivity index (χ1n) is 7.63. The first kappa shape index (κ1) is 13.3. The fourth-order valence-electron chi connectivity index (χ4n) is 3.27. The van der Waals surface area contributed by atoms with Crippen LogP contribution in [0.1, 0.15) is 41.1 Å². The van der Waals surface area contributed by atoms with Gasteiger partial charge in [-0.3, -0.25) is 0 Å². The summed E-state index contributed by atoms with van der Waals surface area (Å²) in [5, 5.41) is 14.1. The van der Waals surface area contributed by atoms with E-state index in [1.54, 1.807) is 0 Å². The van der Waals surface area contributed by atoms with Gasteiger partial charge in [0.15, 0.2) is 5.65 Å². The number of hydrogen-bond acceptors (Lipinski definition) is 3. The summed E-state index contributed by atoms with van der Waals surface area (Å²) < 4.78 is 2.08. The Balaban J connectivity index is 1.86. The number of anilines is 1. The molecule has 4 rings (SSSR count). The topological polar surface area (TPSA) is 49.6 Å². The molecule has 2 N–H and O–H groups in total. The molecule has 4 nitrogen and oxygen atoms in total. The van der Waals surface area contributed by atoms with E-state index in [0.717, 1.165) is 28.3 Å². The third-order valence-corrected chi connectivity index (χ3v) is 4.64. The lowest BCUT2D eigenvalue weighted by atomic mass is 9.92. The number of benzene rings is 1. The second kappa shape index (κ2) is 4.85. The number of imidazole rings is 1. The average Bonchev–Trinajstić information content (AvgIpc) is 2.84. The van der Waals surface area contributed by atoms with Crippen LogP contribution in [-0.4, -0.2) is 14.5 Å². The fourth-order valence-corrected chi connectivity index (χ4v) is 3.27. The van der Waals surface area contributed by atoms with Crippen molar-refractivity contribution in [2.75, 3.05) is 5.32 Å². The maximum atomic E-state index is 10.6. The number of hydrogen-bond donors (Lipinski definition) is 2. The van der Waals surface area contributed by atoms with Gasteiger partial charge in [-0.1, -0.05) is 30.3 Å². The standard InChI is InChI=1S/C18H19N3O/c1-11-12(2)21-9-8-14-16(22)10-15(13-6-4-3-5-7-13)20-17(14)18(21)19-11/h3-9,15-16,20,22H,10H2,1-2H3. The van der Waals surface area contributed by atoms with Gasteiger partial charge in [-0.2, -0.15) is 0 Å². The molecule has 1 aliphatic rings. The van der Waals surface area contributed by atoms with Crippen molar-refractivity contribution in [3.63, 3.8) is 0 Å². The monoisotopic (exact) mass is 293 g/mol. The molecule has 0 spiro atoms. The molecule has 3 heterocycles. The highest BCUT2D eigenvalue weighted by molar-refractivity contribution is 5.74. The number of aliphatic hydroxyl groups excluding tert-OH is 1. The van der Waals surface area contributed by atoms with Crippen LogP contribution in [-0.2, 0) is 0 Å². The minimum absolute atomic E-state index is 0.104. The fraction of sp³-hybridized carbons (Fsp3) is 0.278. The minimum atomic E-state index is -0.469. The predicted molar refractivity (Wildman–Crippen MR) is 87.0 cm³/mol. The summed E-state index contributed by atoms with van der Waals surface area (Å²) in [7, 11) is 0. The molecule has 112 valence electrons. The third kappa shape index (κ3) is 1.91. The van der Waals surface area contributed by atoms with E-state index in [9.17, 15) is 5.11 Å². The van der Waals surface area contributed by atoms with Crippen molar-refractivity contribution in [2.45, 2.75) is 32.4 Å². The molecule has 4 heteroatoms. The van der Waals surface area contributed by atoms with Gasteiger partial charge >= 0.3 is 0 Å². The Hall–Kier alpha value is -2.33. The molecule has 2 unspecified atom stereocenters. The molecule has 0 saturated carbocycles. The van der Waals surface area contributed by atoms with Gasteiger partial charge in [-0.15, -0.1) is 0 Å². The zero-order chi connectivity index (χ0) is 15.3. The SMILES string of the molecule is Cc1nc2c3c(ccn2c1C)C(O)CC(c1ccccc1)N3. The summed E-state index contributed by atoms with van der Waals surface area (Å²) >= 11 is 0. The van der Waals surface area contributed by atoms with Crippen molar-refractivity contribution in [3.05, 3.63) is 65.1 Å². The molecular formula is C18H19N3O. The Kier molecular flexibility index (Phi) is 2.94. The van der Waals surface area contributed by atoms with E-state index in [1.807, 2.05) is 37.4 Å². The zero-order valence-electron chi connectivity index (χ0n) is 12.7. The number of rotatable bonds is 1. The number of aliphatic hydroxyl groups is 1. The van der Waals surface area contributed by atoms with E-state index < -0.39 is 6.10 Å². The van der Waals surface area contributed by atoms with Gasteiger partial charge < -0.3 is 14.8 Å². The van der Waals surface area contributed by atoms with Crippen LogP contribution in [0.4, 0.5) is 5.69 Å². The van der Waals surface area contributed by atoms with Crippen molar-refractivity contribution < 1.29 is 5.11 Å². The lowest BCUT2D eigenvalue weighted by Crippen LogP contribution is -2.22. The largest absolute Gasteiger partial charge is 0.388 e. The van der Waals surface area contributed by atoms with Crippen molar-refractivity contribution >= 4 is 11.3 Å². The summed E-state index contributed by atoms with van der Waals surface area (Å²) in [6.07, 6.45) is 2.20. The van der Waals surface area contributed by atoms with Crippen LogP contribution >= 0.6 is 0 Å². The second-order valence-electron chi connectivity index (χ2n) is 5.98. The van der Waals surface area contributed by atoms with E-state index in [1.165, 1.54) is 5.56 Å². The van der Waals surface area contributed by atoms with Crippen LogP contribution in [0, 0.1) is 13.8 Å². The van der Waals surface area contributed by atoms with Crippen LogP contribution < -0.4 is 5.32 Å². The van der Waals surface area contributed by atoms with Gasteiger partial charge in [-0.25, -0.2) is 4.98 Å². The lowest BCUT2D eigenvalue weighted by Gasteiger charge is -2.31. The number of aromatic nitrogens is 2. The van der Waals surface area contributed by atoms with Crippen LogP contribution in [0.5, 0.6) is 0 Å². The first-order chi connectivity index (χ1) is 10.6. The van der Waals surface area contributed by atoms with Gasteiger partial charge in [0.25, 0.3) is 0 Å². The Morgan fingerprint density at radius 3 is 2.73 bits per heavy atom. The summed E-state index contributed by atoms with van der Waals surface area (Å²) in [5.74, 6) is 0. The molecular weight excluding hydrogens is 274 g/mol. The maximum absolute atomic E-state index is 10.6. The van der Waals surface area contributed by atoms with E-state index in [-0.39, 0.29) is 6.04 Å². The molecule has 0 bridgehead atoms. The average molecular weight is 293 g/mol. The summed E-state index contributed by atoms with van der Waals surface area (Å²) in [5.41, 5.74) is 6.12. The van der Waals surface area contributed by atoms with Crippen molar-refractivity contribution in [3.8, 4) is 0 Å². The van der Waals surface area contributed by atoms with Crippen LogP contribution in [0.25, 0.3) is 5.65 Å². The number of fused-ring (bicyclic) bond motifs is 3. The molecule has 2 aromatic heterocycles. The van der Waals surface area contributed by atoms with Crippen molar-refractivity contribution in [1.29, 1.82) is 0 Å². The molecule has 3 aromatic rings. The number of pyridine rings is 1. The normalized spacial score (nSPS) is 20.7. The highest BCUT2D eigenvalue weighted by Gasteiger charge is 2.28. The van der Waals surface area contributed by atoms with E-state index in [0.29, 0.717) is 6.42 Å². The Labute approximate surface area is 129 Å². The second-order valence-corrected chi connectivity index (χ2v) is 5.98. The molecule has 2 atom stereocenters. The van der Waals surface area contributed by atoms with Crippen molar-refractivity contribution in [1.82, 2.24) is 9.38 Å². The Bertz CT molecular complexity index is 838. The van der Waals surface area contributed by atoms with Gasteiger partial charge in [0, 0.05) is 23.9 Å². The molecule has 1 aliphatic heterocycles. The number of aryl methyl sites for hydroxylation is 2.